The fourth-order valence-electron chi connectivity index (χ4n) is 1.43. The molecule has 0 aliphatic rings. The van der Waals surface area contributed by atoms with E-state index in [4.69, 9.17) is 5.73 Å². The lowest BCUT2D eigenvalue weighted by Crippen LogP contribution is -2.01. The van der Waals surface area contributed by atoms with E-state index in [1.165, 1.54) is 0 Å². The minimum Gasteiger partial charge on any atom is -0.397 e. The third-order valence-electron chi connectivity index (χ3n) is 2.32. The summed E-state index contributed by atoms with van der Waals surface area (Å²) in [4.78, 5) is 8.36. The van der Waals surface area contributed by atoms with Gasteiger partial charge in [0.15, 0.2) is 0 Å². The summed E-state index contributed by atoms with van der Waals surface area (Å²) >= 11 is 0. The number of nitrogens with one attached hydrogen (secondary N) is 1. The molecule has 0 saturated heterocycles. The van der Waals surface area contributed by atoms with Crippen LogP contribution in [0.5, 0.6) is 0 Å². The lowest BCUT2D eigenvalue weighted by atomic mass is 10.2. The van der Waals surface area contributed by atoms with Crippen LogP contribution in [0.1, 0.15) is 11.1 Å². The Morgan fingerprint density at radius 3 is 2.44 bits per heavy atom. The largest absolute Gasteiger partial charge is 0.397 e. The molecule has 16 heavy (non-hydrogen) atoms. The summed E-state index contributed by atoms with van der Waals surface area (Å²) in [7, 11) is 0. The Balaban J connectivity index is 2.30. The van der Waals surface area contributed by atoms with Crippen LogP contribution < -0.4 is 11.1 Å². The molecule has 1 aromatic heterocycles. The number of aromatic nitrogens is 2. The van der Waals surface area contributed by atoms with Crippen molar-refractivity contribution in [1.82, 2.24) is 9.97 Å². The first-order valence-corrected chi connectivity index (χ1v) is 5.07. The maximum Gasteiger partial charge on any atom is 0.227 e. The van der Waals surface area contributed by atoms with Gasteiger partial charge >= 0.3 is 0 Å². The van der Waals surface area contributed by atoms with Crippen molar-refractivity contribution < 1.29 is 0 Å². The number of para-hydroxylation sites is 1. The highest BCUT2D eigenvalue weighted by Gasteiger charge is 2.04. The molecular formula is C12H14N4. The van der Waals surface area contributed by atoms with Gasteiger partial charge in [-0.25, -0.2) is 9.97 Å². The molecule has 2 aromatic rings. The summed E-state index contributed by atoms with van der Waals surface area (Å²) in [5.74, 6) is 0.562. The van der Waals surface area contributed by atoms with Crippen molar-refractivity contribution in [3.05, 3.63) is 41.7 Å². The first-order chi connectivity index (χ1) is 7.66. The Morgan fingerprint density at radius 1 is 1.12 bits per heavy atom. The van der Waals surface area contributed by atoms with Gasteiger partial charge in [-0.15, -0.1) is 0 Å². The molecule has 0 radical (unpaired) electrons. The van der Waals surface area contributed by atoms with Crippen molar-refractivity contribution in [2.24, 2.45) is 0 Å². The first kappa shape index (κ1) is 10.4. The molecule has 0 amide bonds. The molecule has 82 valence electrons. The molecule has 1 heterocycles. The van der Waals surface area contributed by atoms with Crippen LogP contribution in [-0.2, 0) is 0 Å². The Morgan fingerprint density at radius 2 is 1.81 bits per heavy atom. The fourth-order valence-corrected chi connectivity index (χ4v) is 1.43. The molecule has 0 fully saturated rings. The zero-order chi connectivity index (χ0) is 11.5. The average molecular weight is 214 g/mol. The van der Waals surface area contributed by atoms with Crippen LogP contribution in [0.2, 0.25) is 0 Å². The standard InChI is InChI=1S/C12H14N4/c1-8-6-14-12(15-7-8)16-11-9(2)4-3-5-10(11)13/h3-7H,13H2,1-2H3,(H,14,15,16). The molecule has 0 spiro atoms. The van der Waals surface area contributed by atoms with Gasteiger partial charge in [-0.2, -0.15) is 0 Å². The van der Waals surface area contributed by atoms with Crippen LogP contribution >= 0.6 is 0 Å². The highest BCUT2D eigenvalue weighted by Crippen LogP contribution is 2.24. The van der Waals surface area contributed by atoms with Crippen molar-refractivity contribution >= 4 is 17.3 Å². The average Bonchev–Trinajstić information content (AvgIpc) is 2.26. The topological polar surface area (TPSA) is 63.8 Å². The number of hydrogen-bond donors (Lipinski definition) is 2. The van der Waals surface area contributed by atoms with Gasteiger partial charge in [-0.05, 0) is 31.0 Å². The molecule has 3 N–H and O–H groups in total. The van der Waals surface area contributed by atoms with Gasteiger partial charge in [-0.3, -0.25) is 0 Å². The molecule has 4 nitrogen and oxygen atoms in total. The number of nitrogens with two attached hydrogens (primary N) is 1. The normalized spacial score (nSPS) is 10.1. The number of nitrogen functional groups attached to an aromatic ring is 1. The molecule has 0 aliphatic heterocycles. The summed E-state index contributed by atoms with van der Waals surface area (Å²) in [6, 6.07) is 5.77. The number of anilines is 3. The second-order valence-corrected chi connectivity index (χ2v) is 3.75. The van der Waals surface area contributed by atoms with Crippen molar-refractivity contribution in [2.45, 2.75) is 13.8 Å². The molecular weight excluding hydrogens is 200 g/mol. The fraction of sp³-hybridized carbons (Fsp3) is 0.167. The van der Waals surface area contributed by atoms with Crippen LogP contribution in [0.3, 0.4) is 0 Å². The smallest absolute Gasteiger partial charge is 0.227 e. The molecule has 1 aromatic carbocycles. The van der Waals surface area contributed by atoms with E-state index in [1.807, 2.05) is 32.0 Å². The van der Waals surface area contributed by atoms with Crippen molar-refractivity contribution in [1.29, 1.82) is 0 Å². The van der Waals surface area contributed by atoms with Crippen molar-refractivity contribution in [3.8, 4) is 0 Å². The van der Waals surface area contributed by atoms with E-state index in [-0.39, 0.29) is 0 Å². The van der Waals surface area contributed by atoms with Gasteiger partial charge in [-0.1, -0.05) is 12.1 Å². The summed E-state index contributed by atoms with van der Waals surface area (Å²) in [5, 5.41) is 3.12. The van der Waals surface area contributed by atoms with Gasteiger partial charge in [0.05, 0.1) is 11.4 Å². The Bertz CT molecular complexity index is 471. The second-order valence-electron chi connectivity index (χ2n) is 3.75. The minimum atomic E-state index is 0.562. The quantitative estimate of drug-likeness (QED) is 0.753. The molecule has 4 heteroatoms. The third-order valence-corrected chi connectivity index (χ3v) is 2.32. The molecule has 0 aliphatic carbocycles. The van der Waals surface area contributed by atoms with Crippen molar-refractivity contribution in [2.75, 3.05) is 11.1 Å². The highest BCUT2D eigenvalue weighted by molar-refractivity contribution is 5.73. The monoisotopic (exact) mass is 214 g/mol. The highest BCUT2D eigenvalue weighted by atomic mass is 15.1. The molecule has 0 bridgehead atoms. The second kappa shape index (κ2) is 4.18. The maximum absolute atomic E-state index is 5.88. The number of benzene rings is 1. The lowest BCUT2D eigenvalue weighted by molar-refractivity contribution is 1.13. The summed E-state index contributed by atoms with van der Waals surface area (Å²) in [6.45, 7) is 3.94. The van der Waals surface area contributed by atoms with E-state index < -0.39 is 0 Å². The molecule has 0 saturated carbocycles. The molecule has 0 unspecified atom stereocenters. The zero-order valence-corrected chi connectivity index (χ0v) is 9.36. The number of rotatable bonds is 2. The predicted octanol–water partition coefficient (Wildman–Crippen LogP) is 2.42. The van der Waals surface area contributed by atoms with Crippen LogP contribution in [0, 0.1) is 13.8 Å². The zero-order valence-electron chi connectivity index (χ0n) is 9.36. The van der Waals surface area contributed by atoms with Gasteiger partial charge in [0.1, 0.15) is 0 Å². The summed E-state index contributed by atoms with van der Waals surface area (Å²) in [5.41, 5.74) is 9.55. The SMILES string of the molecule is Cc1cnc(Nc2c(C)cccc2N)nc1. The minimum absolute atomic E-state index is 0.562. The van der Waals surface area contributed by atoms with E-state index in [9.17, 15) is 0 Å². The van der Waals surface area contributed by atoms with E-state index >= 15 is 0 Å². The Hall–Kier alpha value is -2.10. The van der Waals surface area contributed by atoms with Crippen LogP contribution in [0.4, 0.5) is 17.3 Å². The van der Waals surface area contributed by atoms with Gasteiger partial charge < -0.3 is 11.1 Å². The lowest BCUT2D eigenvalue weighted by Gasteiger charge is -2.10. The molecule has 2 rings (SSSR count). The van der Waals surface area contributed by atoms with E-state index in [0.29, 0.717) is 11.6 Å². The van der Waals surface area contributed by atoms with Gasteiger partial charge in [0.25, 0.3) is 0 Å². The summed E-state index contributed by atoms with van der Waals surface area (Å²) < 4.78 is 0. The van der Waals surface area contributed by atoms with Crippen molar-refractivity contribution in [3.63, 3.8) is 0 Å². The summed E-state index contributed by atoms with van der Waals surface area (Å²) in [6.07, 6.45) is 3.54. The van der Waals surface area contributed by atoms with Gasteiger partial charge in [0, 0.05) is 12.4 Å². The van der Waals surface area contributed by atoms with E-state index in [2.05, 4.69) is 15.3 Å². The van der Waals surface area contributed by atoms with E-state index in [0.717, 1.165) is 16.8 Å². The Kier molecular flexibility index (Phi) is 2.72. The van der Waals surface area contributed by atoms with E-state index in [1.54, 1.807) is 12.4 Å². The third kappa shape index (κ3) is 2.11. The van der Waals surface area contributed by atoms with Gasteiger partial charge in [0.2, 0.25) is 5.95 Å². The number of hydrogen-bond acceptors (Lipinski definition) is 4. The first-order valence-electron chi connectivity index (χ1n) is 5.07. The predicted molar refractivity (Wildman–Crippen MR) is 65.6 cm³/mol. The number of aryl methyl sites for hydroxylation is 2. The van der Waals surface area contributed by atoms with Crippen LogP contribution in [-0.4, -0.2) is 9.97 Å². The maximum atomic E-state index is 5.88. The molecule has 0 atom stereocenters. The Labute approximate surface area is 94.5 Å². The van der Waals surface area contributed by atoms with Crippen LogP contribution in [0.15, 0.2) is 30.6 Å². The van der Waals surface area contributed by atoms with Crippen LogP contribution in [0.25, 0.3) is 0 Å². The number of nitrogens with zero attached hydrogens (tertiary/aromatic N) is 2.